The van der Waals surface area contributed by atoms with Gasteiger partial charge in [0.1, 0.15) is 6.61 Å². The Bertz CT molecular complexity index is 650. The number of anilines is 1. The molecule has 4 heteroatoms. The van der Waals surface area contributed by atoms with E-state index in [0.29, 0.717) is 13.2 Å². The van der Waals surface area contributed by atoms with Crippen LogP contribution in [0, 0.1) is 0 Å². The molecule has 0 saturated heterocycles. The number of ether oxygens (including phenoxy) is 2. The van der Waals surface area contributed by atoms with Crippen LogP contribution in [0.1, 0.15) is 5.56 Å². The zero-order valence-corrected chi connectivity index (χ0v) is 12.9. The maximum atomic E-state index is 5.88. The largest absolute Gasteiger partial charge is 0.486 e. The summed E-state index contributed by atoms with van der Waals surface area (Å²) >= 11 is 0. The Morgan fingerprint density at radius 2 is 1.82 bits per heavy atom. The van der Waals surface area contributed by atoms with E-state index < -0.39 is 0 Å². The fraction of sp³-hybridized carbons (Fsp3) is 0.278. The molecule has 1 aliphatic rings. The molecule has 4 nitrogen and oxygen atoms in total. The van der Waals surface area contributed by atoms with Crippen molar-refractivity contribution in [1.82, 2.24) is 0 Å². The van der Waals surface area contributed by atoms with Gasteiger partial charge in [-0.05, 0) is 29.8 Å². The van der Waals surface area contributed by atoms with Crippen molar-refractivity contribution < 1.29 is 9.47 Å². The van der Waals surface area contributed by atoms with Crippen LogP contribution in [0.4, 0.5) is 5.69 Å². The number of aliphatic imine (C=N–C) groups is 1. The van der Waals surface area contributed by atoms with Gasteiger partial charge in [0.05, 0.1) is 6.54 Å². The lowest BCUT2D eigenvalue weighted by atomic mass is 10.2. The number of benzene rings is 2. The Morgan fingerprint density at radius 3 is 2.55 bits per heavy atom. The summed E-state index contributed by atoms with van der Waals surface area (Å²) < 4.78 is 11.6. The first kappa shape index (κ1) is 14.4. The Balaban J connectivity index is 1.56. The molecular formula is C18H20N2O2. The summed E-state index contributed by atoms with van der Waals surface area (Å²) in [6, 6.07) is 16.0. The van der Waals surface area contributed by atoms with E-state index in [-0.39, 0.29) is 6.10 Å². The van der Waals surface area contributed by atoms with Gasteiger partial charge in [-0.25, -0.2) is 0 Å². The summed E-state index contributed by atoms with van der Waals surface area (Å²) in [7, 11) is 4.06. The highest BCUT2D eigenvalue weighted by Crippen LogP contribution is 2.30. The van der Waals surface area contributed by atoms with E-state index in [1.807, 2.05) is 44.6 Å². The van der Waals surface area contributed by atoms with Gasteiger partial charge in [0.25, 0.3) is 0 Å². The smallest absolute Gasteiger partial charge is 0.161 e. The first-order valence-corrected chi connectivity index (χ1v) is 7.38. The van der Waals surface area contributed by atoms with Gasteiger partial charge in [0.2, 0.25) is 0 Å². The molecule has 2 aromatic carbocycles. The molecule has 22 heavy (non-hydrogen) atoms. The van der Waals surface area contributed by atoms with E-state index in [1.54, 1.807) is 0 Å². The third kappa shape index (κ3) is 3.39. The van der Waals surface area contributed by atoms with Gasteiger partial charge < -0.3 is 14.4 Å². The van der Waals surface area contributed by atoms with Crippen LogP contribution in [0.15, 0.2) is 53.5 Å². The molecule has 0 N–H and O–H groups in total. The van der Waals surface area contributed by atoms with Crippen molar-refractivity contribution in [2.75, 3.05) is 32.1 Å². The second kappa shape index (κ2) is 6.52. The molecule has 2 aromatic rings. The molecule has 3 rings (SSSR count). The Morgan fingerprint density at radius 1 is 1.09 bits per heavy atom. The maximum Gasteiger partial charge on any atom is 0.161 e. The molecule has 114 valence electrons. The third-order valence-corrected chi connectivity index (χ3v) is 3.53. The number of hydrogen-bond donors (Lipinski definition) is 0. The highest BCUT2D eigenvalue weighted by molar-refractivity contribution is 5.80. The topological polar surface area (TPSA) is 34.1 Å². The van der Waals surface area contributed by atoms with Crippen LogP contribution in [-0.4, -0.2) is 39.6 Å². The molecule has 0 spiro atoms. The van der Waals surface area contributed by atoms with Crippen molar-refractivity contribution >= 4 is 11.9 Å². The van der Waals surface area contributed by atoms with Crippen molar-refractivity contribution in [3.05, 3.63) is 54.1 Å². The van der Waals surface area contributed by atoms with Crippen molar-refractivity contribution in [2.45, 2.75) is 6.10 Å². The minimum atomic E-state index is -0.0350. The summed E-state index contributed by atoms with van der Waals surface area (Å²) in [5.74, 6) is 1.60. The molecule has 0 aromatic heterocycles. The van der Waals surface area contributed by atoms with Crippen LogP contribution >= 0.6 is 0 Å². The predicted octanol–water partition coefficient (Wildman–Crippen LogP) is 3.01. The highest BCUT2D eigenvalue weighted by atomic mass is 16.6. The second-order valence-electron chi connectivity index (χ2n) is 5.48. The maximum absolute atomic E-state index is 5.88. The van der Waals surface area contributed by atoms with Gasteiger partial charge in [-0.15, -0.1) is 0 Å². The molecule has 1 atom stereocenters. The van der Waals surface area contributed by atoms with E-state index in [0.717, 1.165) is 17.1 Å². The second-order valence-corrected chi connectivity index (χ2v) is 5.48. The van der Waals surface area contributed by atoms with E-state index >= 15 is 0 Å². The molecule has 1 heterocycles. The predicted molar refractivity (Wildman–Crippen MR) is 89.6 cm³/mol. The van der Waals surface area contributed by atoms with E-state index in [4.69, 9.17) is 9.47 Å². The molecular weight excluding hydrogens is 276 g/mol. The Hall–Kier alpha value is -2.49. The van der Waals surface area contributed by atoms with Gasteiger partial charge in [0.15, 0.2) is 17.6 Å². The quantitative estimate of drug-likeness (QED) is 0.813. The van der Waals surface area contributed by atoms with Crippen LogP contribution in [-0.2, 0) is 0 Å². The van der Waals surface area contributed by atoms with Crippen LogP contribution in [0.3, 0.4) is 0 Å². The van der Waals surface area contributed by atoms with Crippen molar-refractivity contribution in [1.29, 1.82) is 0 Å². The fourth-order valence-electron chi connectivity index (χ4n) is 2.29. The zero-order chi connectivity index (χ0) is 15.4. The van der Waals surface area contributed by atoms with Gasteiger partial charge in [-0.1, -0.05) is 24.3 Å². The summed E-state index contributed by atoms with van der Waals surface area (Å²) in [5.41, 5.74) is 2.26. The van der Waals surface area contributed by atoms with Gasteiger partial charge in [-0.3, -0.25) is 4.99 Å². The molecule has 0 fully saturated rings. The summed E-state index contributed by atoms with van der Waals surface area (Å²) in [6.45, 7) is 1.12. The molecule has 0 bridgehead atoms. The number of nitrogens with zero attached hydrogens (tertiary/aromatic N) is 2. The van der Waals surface area contributed by atoms with Gasteiger partial charge >= 0.3 is 0 Å². The van der Waals surface area contributed by atoms with E-state index in [2.05, 4.69) is 34.2 Å². The molecule has 0 aliphatic carbocycles. The first-order chi connectivity index (χ1) is 10.7. The third-order valence-electron chi connectivity index (χ3n) is 3.53. The molecule has 0 saturated carbocycles. The summed E-state index contributed by atoms with van der Waals surface area (Å²) in [4.78, 5) is 6.54. The Labute approximate surface area is 131 Å². The van der Waals surface area contributed by atoms with Crippen LogP contribution in [0.2, 0.25) is 0 Å². The minimum Gasteiger partial charge on any atom is -0.486 e. The lowest BCUT2D eigenvalue weighted by Crippen LogP contribution is -2.31. The summed E-state index contributed by atoms with van der Waals surface area (Å²) in [5, 5.41) is 0. The molecule has 0 amide bonds. The van der Waals surface area contributed by atoms with Gasteiger partial charge in [-0.2, -0.15) is 0 Å². The van der Waals surface area contributed by atoms with Crippen LogP contribution < -0.4 is 14.4 Å². The number of para-hydroxylation sites is 2. The molecule has 0 unspecified atom stereocenters. The normalized spacial score (nSPS) is 16.7. The SMILES string of the molecule is CN(C)c1ccc(C=NC[C@@H]2COc3ccccc3O2)cc1. The van der Waals surface area contributed by atoms with Crippen molar-refractivity contribution in [2.24, 2.45) is 4.99 Å². The summed E-state index contributed by atoms with van der Waals surface area (Å²) in [6.07, 6.45) is 1.84. The van der Waals surface area contributed by atoms with Crippen molar-refractivity contribution in [3.63, 3.8) is 0 Å². The monoisotopic (exact) mass is 296 g/mol. The minimum absolute atomic E-state index is 0.0350. The van der Waals surface area contributed by atoms with Crippen LogP contribution in [0.25, 0.3) is 0 Å². The molecule has 0 radical (unpaired) electrons. The lowest BCUT2D eigenvalue weighted by Gasteiger charge is -2.25. The average molecular weight is 296 g/mol. The fourth-order valence-corrected chi connectivity index (χ4v) is 2.29. The number of fused-ring (bicyclic) bond motifs is 1. The van der Waals surface area contributed by atoms with Crippen LogP contribution in [0.5, 0.6) is 11.5 Å². The highest BCUT2D eigenvalue weighted by Gasteiger charge is 2.19. The standard InChI is InChI=1S/C18H20N2O2/c1-20(2)15-9-7-14(8-10-15)11-19-12-16-13-21-17-5-3-4-6-18(17)22-16/h3-11,16H,12-13H2,1-2H3/t16-/m1/s1. The van der Waals surface area contributed by atoms with Crippen molar-refractivity contribution in [3.8, 4) is 11.5 Å². The Kier molecular flexibility index (Phi) is 4.28. The lowest BCUT2D eigenvalue weighted by molar-refractivity contribution is 0.0973. The first-order valence-electron chi connectivity index (χ1n) is 7.38. The average Bonchev–Trinajstić information content (AvgIpc) is 2.55. The molecule has 1 aliphatic heterocycles. The van der Waals surface area contributed by atoms with E-state index in [1.165, 1.54) is 5.69 Å². The van der Waals surface area contributed by atoms with Gasteiger partial charge in [0, 0.05) is 26.0 Å². The number of hydrogen-bond acceptors (Lipinski definition) is 4. The zero-order valence-electron chi connectivity index (χ0n) is 12.9. The van der Waals surface area contributed by atoms with E-state index in [9.17, 15) is 0 Å². The number of rotatable bonds is 4.